The first-order valence-corrected chi connectivity index (χ1v) is 12.7. The number of nitrogens with zero attached hydrogens (tertiary/aromatic N) is 2. The summed E-state index contributed by atoms with van der Waals surface area (Å²) in [6.45, 7) is 1.99. The Labute approximate surface area is 197 Å². The van der Waals surface area contributed by atoms with E-state index in [2.05, 4.69) is 4.98 Å². The van der Waals surface area contributed by atoms with Gasteiger partial charge in [-0.2, -0.15) is 4.31 Å². The van der Waals surface area contributed by atoms with E-state index >= 15 is 0 Å². The summed E-state index contributed by atoms with van der Waals surface area (Å²) < 4.78 is 45.3. The van der Waals surface area contributed by atoms with E-state index in [1.165, 1.54) is 28.6 Å². The molecule has 8 nitrogen and oxygen atoms in total. The summed E-state index contributed by atoms with van der Waals surface area (Å²) in [4.78, 5) is 18.4. The van der Waals surface area contributed by atoms with Gasteiger partial charge in [-0.3, -0.25) is 4.79 Å². The van der Waals surface area contributed by atoms with Crippen LogP contribution in [-0.2, 0) is 15.4 Å². The largest absolute Gasteiger partial charge is 0.497 e. The van der Waals surface area contributed by atoms with Gasteiger partial charge < -0.3 is 19.7 Å². The molecule has 34 heavy (non-hydrogen) atoms. The number of hydrogen-bond donors (Lipinski definition) is 2. The molecule has 0 unspecified atom stereocenters. The number of benzene rings is 2. The van der Waals surface area contributed by atoms with Crippen LogP contribution in [0.5, 0.6) is 5.75 Å². The molecule has 3 aromatic rings. The minimum atomic E-state index is -3.39. The van der Waals surface area contributed by atoms with Crippen molar-refractivity contribution in [2.75, 3.05) is 39.1 Å². The van der Waals surface area contributed by atoms with Crippen LogP contribution in [0.25, 0.3) is 10.9 Å². The number of aromatic amines is 1. The molecule has 0 saturated carbocycles. The molecule has 1 amide bonds. The first kappa shape index (κ1) is 22.8. The van der Waals surface area contributed by atoms with E-state index in [4.69, 9.17) is 4.74 Å². The maximum atomic E-state index is 13.5. The number of aliphatic hydroxyl groups excluding tert-OH is 1. The first-order chi connectivity index (χ1) is 16.2. The molecule has 1 atom stereocenters. The molecular weight excluding hydrogens is 461 g/mol. The molecule has 2 aliphatic heterocycles. The van der Waals surface area contributed by atoms with Crippen molar-refractivity contribution in [3.8, 4) is 5.75 Å². The van der Waals surface area contributed by atoms with E-state index < -0.39 is 27.3 Å². The van der Waals surface area contributed by atoms with Gasteiger partial charge in [-0.1, -0.05) is 0 Å². The number of carbonyl (C=O) groups excluding carboxylic acids is 1. The topological polar surface area (TPSA) is 103 Å². The van der Waals surface area contributed by atoms with Crippen molar-refractivity contribution in [2.24, 2.45) is 0 Å². The Morgan fingerprint density at radius 2 is 1.91 bits per heavy atom. The van der Waals surface area contributed by atoms with Gasteiger partial charge in [0.2, 0.25) is 10.0 Å². The van der Waals surface area contributed by atoms with Crippen LogP contribution in [0.2, 0.25) is 0 Å². The van der Waals surface area contributed by atoms with Gasteiger partial charge in [-0.15, -0.1) is 0 Å². The molecular formula is C24H26FN3O5S. The van der Waals surface area contributed by atoms with Gasteiger partial charge in [0, 0.05) is 53.3 Å². The third-order valence-electron chi connectivity index (χ3n) is 6.99. The van der Waals surface area contributed by atoms with Crippen molar-refractivity contribution in [1.29, 1.82) is 0 Å². The average Bonchev–Trinajstić information content (AvgIpc) is 3.20. The van der Waals surface area contributed by atoms with Crippen LogP contribution in [0.3, 0.4) is 0 Å². The number of methoxy groups -OCH3 is 1. The van der Waals surface area contributed by atoms with Crippen LogP contribution in [0.1, 0.15) is 34.6 Å². The third-order valence-corrected chi connectivity index (χ3v) is 8.76. The summed E-state index contributed by atoms with van der Waals surface area (Å²) in [6.07, 6.45) is 0. The summed E-state index contributed by atoms with van der Waals surface area (Å²) in [5.74, 6) is -0.143. The van der Waals surface area contributed by atoms with Crippen LogP contribution in [0, 0.1) is 5.82 Å². The highest BCUT2D eigenvalue weighted by Crippen LogP contribution is 2.49. The Balaban J connectivity index is 1.64. The lowest BCUT2D eigenvalue weighted by atomic mass is 9.70. The maximum Gasteiger partial charge on any atom is 0.254 e. The molecule has 0 radical (unpaired) electrons. The Bertz CT molecular complexity index is 1360. The summed E-state index contributed by atoms with van der Waals surface area (Å²) >= 11 is 0. The number of aromatic nitrogens is 1. The van der Waals surface area contributed by atoms with Crippen LogP contribution < -0.4 is 4.74 Å². The maximum absolute atomic E-state index is 13.5. The second-order valence-corrected chi connectivity index (χ2v) is 11.2. The number of ether oxygens (including phenoxy) is 1. The quantitative estimate of drug-likeness (QED) is 0.575. The number of aliphatic hydroxyl groups is 1. The number of H-pyrrole nitrogens is 1. The van der Waals surface area contributed by atoms with Gasteiger partial charge in [0.25, 0.3) is 5.91 Å². The number of halogens is 1. The monoisotopic (exact) mass is 487 g/mol. The average molecular weight is 488 g/mol. The van der Waals surface area contributed by atoms with Crippen LogP contribution in [0.4, 0.5) is 4.39 Å². The summed E-state index contributed by atoms with van der Waals surface area (Å²) in [5.41, 5.74) is 2.06. The molecule has 2 N–H and O–H groups in total. The SMILES string of the molecule is CCS(=O)(=O)N1CC2(CN(C(=O)c3ccc(F)cc3)[C@@H](CO)c3[nH]c4cc(OC)ccc4c32)C1. The number of sulfonamides is 1. The molecule has 1 spiro atoms. The Kier molecular flexibility index (Phi) is 5.42. The zero-order valence-corrected chi connectivity index (χ0v) is 19.7. The van der Waals surface area contributed by atoms with E-state index in [1.807, 2.05) is 18.2 Å². The standard InChI is InChI=1S/C24H26FN3O5S/c1-3-34(31,32)27-12-24(13-27)14-28(23(30)15-4-6-16(25)7-5-15)20(11-29)22-21(24)18-9-8-17(33-2)10-19(18)26-22/h4-10,20,26,29H,3,11-14H2,1-2H3/t20-/m0/s1. The third kappa shape index (κ3) is 3.40. The van der Waals surface area contributed by atoms with Gasteiger partial charge in [0.1, 0.15) is 11.6 Å². The highest BCUT2D eigenvalue weighted by molar-refractivity contribution is 7.89. The fourth-order valence-electron chi connectivity index (χ4n) is 5.24. The van der Waals surface area contributed by atoms with Crippen molar-refractivity contribution in [3.63, 3.8) is 0 Å². The molecule has 0 bridgehead atoms. The van der Waals surface area contributed by atoms with E-state index in [-0.39, 0.29) is 37.9 Å². The van der Waals surface area contributed by atoms with Crippen LogP contribution in [0.15, 0.2) is 42.5 Å². The second kappa shape index (κ2) is 8.07. The lowest BCUT2D eigenvalue weighted by Gasteiger charge is -2.55. The lowest BCUT2D eigenvalue weighted by Crippen LogP contribution is -2.68. The van der Waals surface area contributed by atoms with Gasteiger partial charge in [0.05, 0.1) is 25.5 Å². The Morgan fingerprint density at radius 1 is 1.21 bits per heavy atom. The molecule has 1 fully saturated rings. The number of carbonyl (C=O) groups is 1. The molecule has 0 aliphatic carbocycles. The van der Waals surface area contributed by atoms with E-state index in [0.717, 1.165) is 16.5 Å². The second-order valence-electron chi connectivity index (χ2n) is 8.91. The Hall–Kier alpha value is -2.95. The number of fused-ring (bicyclic) bond motifs is 4. The molecule has 3 heterocycles. The molecule has 5 rings (SSSR count). The number of nitrogens with one attached hydrogen (secondary N) is 1. The van der Waals surface area contributed by atoms with Crippen LogP contribution >= 0.6 is 0 Å². The summed E-state index contributed by atoms with van der Waals surface area (Å²) in [7, 11) is -1.82. The van der Waals surface area contributed by atoms with E-state index in [1.54, 1.807) is 18.9 Å². The van der Waals surface area contributed by atoms with Crippen molar-refractivity contribution < 1.29 is 27.4 Å². The first-order valence-electron chi connectivity index (χ1n) is 11.1. The predicted octanol–water partition coefficient (Wildman–Crippen LogP) is 2.41. The van der Waals surface area contributed by atoms with Gasteiger partial charge in [0.15, 0.2) is 0 Å². The molecule has 180 valence electrons. The molecule has 1 aromatic heterocycles. The highest BCUT2D eigenvalue weighted by Gasteiger charge is 2.56. The van der Waals surface area contributed by atoms with Gasteiger partial charge in [-0.05, 0) is 48.9 Å². The number of hydrogen-bond acceptors (Lipinski definition) is 5. The number of amides is 1. The Morgan fingerprint density at radius 3 is 2.53 bits per heavy atom. The number of rotatable bonds is 5. The summed E-state index contributed by atoms with van der Waals surface area (Å²) in [6, 6.07) is 10.2. The zero-order valence-electron chi connectivity index (χ0n) is 18.9. The zero-order chi connectivity index (χ0) is 24.3. The fourth-order valence-corrected chi connectivity index (χ4v) is 6.50. The van der Waals surface area contributed by atoms with Crippen molar-refractivity contribution >= 4 is 26.8 Å². The van der Waals surface area contributed by atoms with Crippen molar-refractivity contribution in [1.82, 2.24) is 14.2 Å². The lowest BCUT2D eigenvalue weighted by molar-refractivity contribution is 0.0248. The van der Waals surface area contributed by atoms with Crippen molar-refractivity contribution in [2.45, 2.75) is 18.4 Å². The van der Waals surface area contributed by atoms with Crippen molar-refractivity contribution in [3.05, 3.63) is 65.1 Å². The minimum absolute atomic E-state index is 0.00148. The molecule has 1 saturated heterocycles. The van der Waals surface area contributed by atoms with E-state index in [0.29, 0.717) is 17.0 Å². The van der Waals surface area contributed by atoms with Crippen LogP contribution in [-0.4, -0.2) is 72.7 Å². The molecule has 2 aliphatic rings. The normalized spacial score (nSPS) is 19.8. The summed E-state index contributed by atoms with van der Waals surface area (Å²) in [5, 5.41) is 11.3. The fraction of sp³-hybridized carbons (Fsp3) is 0.375. The van der Waals surface area contributed by atoms with Gasteiger partial charge in [-0.25, -0.2) is 12.8 Å². The highest BCUT2D eigenvalue weighted by atomic mass is 32.2. The minimum Gasteiger partial charge on any atom is -0.497 e. The van der Waals surface area contributed by atoms with E-state index in [9.17, 15) is 22.7 Å². The smallest absolute Gasteiger partial charge is 0.254 e. The molecule has 10 heteroatoms. The van der Waals surface area contributed by atoms with Gasteiger partial charge >= 0.3 is 0 Å². The predicted molar refractivity (Wildman–Crippen MR) is 125 cm³/mol. The molecule has 2 aromatic carbocycles.